The molecule has 0 saturated heterocycles. The molecule has 35 heavy (non-hydrogen) atoms. The van der Waals surface area contributed by atoms with Gasteiger partial charge >= 0.3 is 0 Å². The van der Waals surface area contributed by atoms with Crippen LogP contribution in [0.15, 0.2) is 78.9 Å². The van der Waals surface area contributed by atoms with E-state index in [2.05, 4.69) is 5.32 Å². The van der Waals surface area contributed by atoms with Crippen LogP contribution < -0.4 is 14.8 Å². The maximum absolute atomic E-state index is 13.4. The number of benzene rings is 3. The molecule has 0 spiro atoms. The van der Waals surface area contributed by atoms with Crippen LogP contribution >= 0.6 is 0 Å². The van der Waals surface area contributed by atoms with Gasteiger partial charge in [-0.05, 0) is 55.7 Å². The van der Waals surface area contributed by atoms with Gasteiger partial charge in [-0.25, -0.2) is 0 Å². The Morgan fingerprint density at radius 3 is 2.29 bits per heavy atom. The molecule has 0 fully saturated rings. The number of para-hydroxylation sites is 2. The monoisotopic (exact) mass is 474 g/mol. The molecule has 0 bridgehead atoms. The second-order valence-electron chi connectivity index (χ2n) is 8.32. The minimum Gasteiger partial charge on any atom is -0.490 e. The lowest BCUT2D eigenvalue weighted by Crippen LogP contribution is -2.33. The molecular formula is C29H34N2O4. The average molecular weight is 475 g/mol. The molecule has 0 aromatic heterocycles. The van der Waals surface area contributed by atoms with Gasteiger partial charge in [-0.1, -0.05) is 54.6 Å². The summed E-state index contributed by atoms with van der Waals surface area (Å²) in [5.41, 5.74) is 2.74. The summed E-state index contributed by atoms with van der Waals surface area (Å²) in [6.07, 6.45) is 0.947. The zero-order chi connectivity index (χ0) is 25.0. The first-order valence-corrected chi connectivity index (χ1v) is 12.0. The van der Waals surface area contributed by atoms with Crippen LogP contribution in [0.5, 0.6) is 11.5 Å². The molecule has 6 nitrogen and oxygen atoms in total. The minimum atomic E-state index is -0.170. The van der Waals surface area contributed by atoms with Crippen molar-refractivity contribution in [2.24, 2.45) is 0 Å². The lowest BCUT2D eigenvalue weighted by molar-refractivity contribution is -0.134. The van der Waals surface area contributed by atoms with Gasteiger partial charge in [-0.2, -0.15) is 0 Å². The van der Waals surface area contributed by atoms with Crippen molar-refractivity contribution < 1.29 is 19.1 Å². The molecule has 1 atom stereocenters. The molecule has 0 aliphatic rings. The van der Waals surface area contributed by atoms with E-state index in [1.54, 1.807) is 0 Å². The van der Waals surface area contributed by atoms with E-state index in [9.17, 15) is 9.59 Å². The van der Waals surface area contributed by atoms with Crippen molar-refractivity contribution >= 4 is 17.5 Å². The molecule has 3 rings (SSSR count). The Morgan fingerprint density at radius 1 is 0.914 bits per heavy atom. The number of nitrogens with one attached hydrogen (secondary N) is 1. The lowest BCUT2D eigenvalue weighted by atomic mass is 10.0. The van der Waals surface area contributed by atoms with E-state index in [1.807, 2.05) is 97.6 Å². The zero-order valence-corrected chi connectivity index (χ0v) is 20.7. The van der Waals surface area contributed by atoms with E-state index < -0.39 is 0 Å². The number of ether oxygens (including phenoxy) is 2. The van der Waals surface area contributed by atoms with Crippen molar-refractivity contribution in [3.05, 3.63) is 90.0 Å². The van der Waals surface area contributed by atoms with E-state index in [-0.39, 0.29) is 17.9 Å². The zero-order valence-electron chi connectivity index (χ0n) is 20.7. The second kappa shape index (κ2) is 13.2. The summed E-state index contributed by atoms with van der Waals surface area (Å²) < 4.78 is 11.5. The van der Waals surface area contributed by atoms with Crippen molar-refractivity contribution in [3.8, 4) is 11.5 Å². The van der Waals surface area contributed by atoms with Gasteiger partial charge in [0, 0.05) is 25.6 Å². The largest absolute Gasteiger partial charge is 0.490 e. The summed E-state index contributed by atoms with van der Waals surface area (Å²) in [4.78, 5) is 26.8. The fraction of sp³-hybridized carbons (Fsp3) is 0.310. The summed E-state index contributed by atoms with van der Waals surface area (Å²) >= 11 is 0. The second-order valence-corrected chi connectivity index (χ2v) is 8.32. The molecule has 1 unspecified atom stereocenters. The summed E-state index contributed by atoms with van der Waals surface area (Å²) in [7, 11) is 0. The van der Waals surface area contributed by atoms with E-state index in [0.29, 0.717) is 44.1 Å². The Bertz CT molecular complexity index is 1100. The molecule has 3 aromatic rings. The lowest BCUT2D eigenvalue weighted by Gasteiger charge is -2.30. The van der Waals surface area contributed by atoms with Gasteiger partial charge in [0.15, 0.2) is 11.5 Å². The van der Waals surface area contributed by atoms with Gasteiger partial charge in [0.05, 0.1) is 19.3 Å². The highest BCUT2D eigenvalue weighted by molar-refractivity contribution is 5.88. The van der Waals surface area contributed by atoms with Crippen LogP contribution in [0.4, 0.5) is 5.69 Å². The average Bonchev–Trinajstić information content (AvgIpc) is 2.86. The topological polar surface area (TPSA) is 67.9 Å². The Kier molecular flexibility index (Phi) is 9.72. The molecule has 0 aliphatic heterocycles. The molecule has 1 N–H and O–H groups in total. The maximum atomic E-state index is 13.4. The Balaban J connectivity index is 1.68. The Labute approximate surface area is 207 Å². The van der Waals surface area contributed by atoms with Crippen LogP contribution in [-0.2, 0) is 16.1 Å². The number of carbonyl (C=O) groups is 2. The highest BCUT2D eigenvalue weighted by Crippen LogP contribution is 2.28. The number of amides is 2. The third-order valence-electron chi connectivity index (χ3n) is 5.61. The van der Waals surface area contributed by atoms with Crippen LogP contribution in [0.3, 0.4) is 0 Å². The summed E-state index contributed by atoms with van der Waals surface area (Å²) in [6, 6.07) is 25.0. The predicted molar refractivity (Wildman–Crippen MR) is 138 cm³/mol. The quantitative estimate of drug-likeness (QED) is 0.327. The smallest absolute Gasteiger partial charge is 0.223 e. The molecule has 0 radical (unpaired) electrons. The first-order chi connectivity index (χ1) is 17.0. The summed E-state index contributed by atoms with van der Waals surface area (Å²) in [5.74, 6) is 1.32. The van der Waals surface area contributed by atoms with Crippen molar-refractivity contribution in [2.45, 2.75) is 46.2 Å². The number of rotatable bonds is 12. The Morgan fingerprint density at radius 2 is 1.60 bits per heavy atom. The van der Waals surface area contributed by atoms with Crippen molar-refractivity contribution in [1.82, 2.24) is 4.90 Å². The fourth-order valence-electron chi connectivity index (χ4n) is 3.87. The van der Waals surface area contributed by atoms with Gasteiger partial charge in [0.1, 0.15) is 0 Å². The van der Waals surface area contributed by atoms with Gasteiger partial charge in [-0.3, -0.25) is 9.59 Å². The van der Waals surface area contributed by atoms with Gasteiger partial charge in [0.2, 0.25) is 11.8 Å². The van der Waals surface area contributed by atoms with Crippen LogP contribution in [0.25, 0.3) is 0 Å². The Hall–Kier alpha value is -3.80. The van der Waals surface area contributed by atoms with Crippen LogP contribution in [-0.4, -0.2) is 29.9 Å². The molecule has 6 heteroatoms. The maximum Gasteiger partial charge on any atom is 0.223 e. The third-order valence-corrected chi connectivity index (χ3v) is 5.61. The summed E-state index contributed by atoms with van der Waals surface area (Å²) in [6.45, 7) is 6.91. The minimum absolute atomic E-state index is 0.0491. The molecule has 0 aliphatic carbocycles. The highest BCUT2D eigenvalue weighted by atomic mass is 16.5. The highest BCUT2D eigenvalue weighted by Gasteiger charge is 2.22. The van der Waals surface area contributed by atoms with Crippen LogP contribution in [0.2, 0.25) is 0 Å². The van der Waals surface area contributed by atoms with E-state index in [1.165, 1.54) is 6.92 Å². The van der Waals surface area contributed by atoms with Crippen LogP contribution in [0, 0.1) is 0 Å². The molecule has 0 saturated carbocycles. The van der Waals surface area contributed by atoms with Gasteiger partial charge < -0.3 is 19.7 Å². The fourth-order valence-corrected chi connectivity index (χ4v) is 3.87. The predicted octanol–water partition coefficient (Wildman–Crippen LogP) is 5.99. The van der Waals surface area contributed by atoms with Crippen LogP contribution in [0.1, 0.15) is 50.8 Å². The molecule has 3 aromatic carbocycles. The van der Waals surface area contributed by atoms with E-state index in [4.69, 9.17) is 9.47 Å². The number of anilines is 1. The summed E-state index contributed by atoms with van der Waals surface area (Å²) in [5, 5.41) is 2.82. The number of nitrogens with zero attached hydrogens (tertiary/aromatic N) is 1. The molecular weight excluding hydrogens is 440 g/mol. The van der Waals surface area contributed by atoms with Crippen molar-refractivity contribution in [3.63, 3.8) is 0 Å². The molecule has 2 amide bonds. The number of carbonyl (C=O) groups excluding carboxylic acids is 2. The normalized spacial score (nSPS) is 11.4. The van der Waals surface area contributed by atoms with Crippen molar-refractivity contribution in [1.29, 1.82) is 0 Å². The first-order valence-electron chi connectivity index (χ1n) is 12.0. The van der Waals surface area contributed by atoms with Gasteiger partial charge in [0.25, 0.3) is 0 Å². The molecule has 184 valence electrons. The van der Waals surface area contributed by atoms with E-state index >= 15 is 0 Å². The third kappa shape index (κ3) is 7.88. The molecule has 0 heterocycles. The number of hydrogen-bond acceptors (Lipinski definition) is 4. The van der Waals surface area contributed by atoms with Crippen molar-refractivity contribution in [2.75, 3.05) is 18.5 Å². The first kappa shape index (κ1) is 25.8. The SMILES string of the molecule is CCOc1ccccc1OCCCC(=O)N(Cc1ccccc1)C(C)c1cccc(NC(C)=O)c1. The van der Waals surface area contributed by atoms with E-state index in [0.717, 1.165) is 16.8 Å². The van der Waals surface area contributed by atoms with Gasteiger partial charge in [-0.15, -0.1) is 0 Å². The standard InChI is InChI=1S/C29H34N2O4/c1-4-34-27-16-8-9-17-28(27)35-19-11-18-29(33)31(21-24-12-6-5-7-13-24)22(2)25-14-10-15-26(20-25)30-23(3)32/h5-10,12-17,20,22H,4,11,18-19,21H2,1-3H3,(H,30,32). The number of hydrogen-bond donors (Lipinski definition) is 1.